The van der Waals surface area contributed by atoms with Crippen molar-refractivity contribution >= 4 is 16.0 Å². The van der Waals surface area contributed by atoms with E-state index in [9.17, 15) is 13.2 Å². The Morgan fingerprint density at radius 3 is 2.67 bits per heavy atom. The van der Waals surface area contributed by atoms with Gasteiger partial charge in [0.1, 0.15) is 6.04 Å². The molecule has 1 atom stereocenters. The summed E-state index contributed by atoms with van der Waals surface area (Å²) in [5, 5.41) is 0. The molecule has 5 nitrogen and oxygen atoms in total. The summed E-state index contributed by atoms with van der Waals surface area (Å²) in [6, 6.07) is -0.644. The molecule has 1 heterocycles. The molecule has 0 N–H and O–H groups in total. The van der Waals surface area contributed by atoms with Gasteiger partial charge >= 0.3 is 5.97 Å². The van der Waals surface area contributed by atoms with E-state index in [1.165, 1.54) is 11.4 Å². The van der Waals surface area contributed by atoms with E-state index >= 15 is 0 Å². The number of allylic oxidation sites excluding steroid dienone is 1. The van der Waals surface area contributed by atoms with Gasteiger partial charge in [0.15, 0.2) is 0 Å². The van der Waals surface area contributed by atoms with Crippen molar-refractivity contribution in [2.24, 2.45) is 0 Å². The summed E-state index contributed by atoms with van der Waals surface area (Å²) in [6.45, 7) is 4.16. The summed E-state index contributed by atoms with van der Waals surface area (Å²) < 4.78 is 30.5. The molecule has 1 unspecified atom stereocenters. The number of nitrogens with zero attached hydrogens (tertiary/aromatic N) is 1. The highest BCUT2D eigenvalue weighted by Gasteiger charge is 2.39. The topological polar surface area (TPSA) is 63.7 Å². The lowest BCUT2D eigenvalue weighted by Crippen LogP contribution is -2.42. The maximum Gasteiger partial charge on any atom is 0.324 e. The summed E-state index contributed by atoms with van der Waals surface area (Å²) in [5.74, 6) is -0.470. The van der Waals surface area contributed by atoms with Gasteiger partial charge in [0, 0.05) is 6.54 Å². The fourth-order valence-electron chi connectivity index (χ4n) is 2.15. The molecule has 6 heteroatoms. The van der Waals surface area contributed by atoms with Crippen LogP contribution in [-0.2, 0) is 19.6 Å². The summed E-state index contributed by atoms with van der Waals surface area (Å²) in [4.78, 5) is 11.6. The lowest BCUT2D eigenvalue weighted by atomic mass is 10.2. The van der Waals surface area contributed by atoms with Crippen molar-refractivity contribution in [1.29, 1.82) is 0 Å². The minimum atomic E-state index is -3.42. The smallest absolute Gasteiger partial charge is 0.324 e. The number of carbonyl (C=O) groups excluding carboxylic acids is 1. The normalized spacial score (nSPS) is 22.2. The van der Waals surface area contributed by atoms with E-state index in [4.69, 9.17) is 0 Å². The van der Waals surface area contributed by atoms with Crippen LogP contribution in [0.1, 0.15) is 33.1 Å². The Kier molecular flexibility index (Phi) is 5.34. The highest BCUT2D eigenvalue weighted by Crippen LogP contribution is 2.23. The van der Waals surface area contributed by atoms with E-state index < -0.39 is 22.0 Å². The van der Waals surface area contributed by atoms with Crippen LogP contribution in [-0.4, -0.2) is 44.1 Å². The molecular formula is C12H21NO4S. The monoisotopic (exact) mass is 275 g/mol. The molecule has 18 heavy (non-hydrogen) atoms. The third-order valence-corrected chi connectivity index (χ3v) is 5.15. The van der Waals surface area contributed by atoms with E-state index in [2.05, 4.69) is 4.74 Å². The molecule has 104 valence electrons. The summed E-state index contributed by atoms with van der Waals surface area (Å²) in [6.07, 6.45) is 3.77. The van der Waals surface area contributed by atoms with Crippen molar-refractivity contribution in [3.05, 3.63) is 11.6 Å². The molecule has 1 saturated heterocycles. The average molecular weight is 275 g/mol. The van der Waals surface area contributed by atoms with Gasteiger partial charge in [0.2, 0.25) is 10.0 Å². The van der Waals surface area contributed by atoms with Gasteiger partial charge in [0.05, 0.1) is 12.9 Å². The first-order chi connectivity index (χ1) is 8.46. The Labute approximate surface area is 109 Å². The number of hydrogen-bond acceptors (Lipinski definition) is 4. The van der Waals surface area contributed by atoms with Crippen LogP contribution in [0.5, 0.6) is 0 Å². The Morgan fingerprint density at radius 2 is 2.17 bits per heavy atom. The first kappa shape index (κ1) is 15.2. The zero-order chi connectivity index (χ0) is 13.8. The van der Waals surface area contributed by atoms with Gasteiger partial charge in [-0.25, -0.2) is 8.42 Å². The second-order valence-corrected chi connectivity index (χ2v) is 6.27. The number of esters is 1. The van der Waals surface area contributed by atoms with Crippen LogP contribution >= 0.6 is 0 Å². The fraction of sp³-hybridized carbons (Fsp3) is 0.750. The molecule has 0 amide bonds. The zero-order valence-corrected chi connectivity index (χ0v) is 12.0. The third-order valence-electron chi connectivity index (χ3n) is 3.26. The minimum Gasteiger partial charge on any atom is -0.468 e. The zero-order valence-electron chi connectivity index (χ0n) is 11.2. The van der Waals surface area contributed by atoms with Crippen molar-refractivity contribution in [1.82, 2.24) is 4.31 Å². The predicted octanol–water partition coefficient (Wildman–Crippen LogP) is 1.31. The van der Waals surface area contributed by atoms with Crippen LogP contribution in [0.2, 0.25) is 0 Å². The summed E-state index contributed by atoms with van der Waals surface area (Å²) >= 11 is 0. The molecule has 1 aliphatic heterocycles. The number of ether oxygens (including phenoxy) is 1. The van der Waals surface area contributed by atoms with E-state index in [-0.39, 0.29) is 5.75 Å². The number of hydrogen-bond donors (Lipinski definition) is 0. The van der Waals surface area contributed by atoms with Crippen LogP contribution < -0.4 is 0 Å². The summed E-state index contributed by atoms with van der Waals surface area (Å²) in [7, 11) is -2.14. The van der Waals surface area contributed by atoms with Crippen molar-refractivity contribution in [2.45, 2.75) is 39.2 Å². The van der Waals surface area contributed by atoms with Gasteiger partial charge < -0.3 is 4.74 Å². The van der Waals surface area contributed by atoms with Gasteiger partial charge in [-0.15, -0.1) is 0 Å². The quantitative estimate of drug-likeness (QED) is 0.560. The van der Waals surface area contributed by atoms with Crippen molar-refractivity contribution in [3.63, 3.8) is 0 Å². The molecule has 1 rings (SSSR count). The molecule has 1 fully saturated rings. The number of sulfonamides is 1. The van der Waals surface area contributed by atoms with Crippen LogP contribution in [0.15, 0.2) is 11.6 Å². The van der Waals surface area contributed by atoms with Crippen molar-refractivity contribution in [3.8, 4) is 0 Å². The van der Waals surface area contributed by atoms with Crippen LogP contribution in [0.4, 0.5) is 0 Å². The predicted molar refractivity (Wildman–Crippen MR) is 69.6 cm³/mol. The molecule has 0 aromatic carbocycles. The Hall–Kier alpha value is -0.880. The first-order valence-corrected chi connectivity index (χ1v) is 7.78. The molecule has 0 spiro atoms. The molecule has 1 aliphatic rings. The molecule has 0 aliphatic carbocycles. The van der Waals surface area contributed by atoms with Gasteiger partial charge in [0.25, 0.3) is 0 Å². The van der Waals surface area contributed by atoms with Crippen molar-refractivity contribution < 1.29 is 17.9 Å². The second kappa shape index (κ2) is 6.33. The molecule has 0 aromatic rings. The lowest BCUT2D eigenvalue weighted by Gasteiger charge is -2.22. The van der Waals surface area contributed by atoms with E-state index in [1.54, 1.807) is 0 Å². The Morgan fingerprint density at radius 1 is 1.50 bits per heavy atom. The van der Waals surface area contributed by atoms with Gasteiger partial charge in [-0.3, -0.25) is 4.79 Å². The van der Waals surface area contributed by atoms with E-state index in [0.717, 1.165) is 5.57 Å². The molecule has 0 saturated carbocycles. The number of carbonyl (C=O) groups is 1. The van der Waals surface area contributed by atoms with E-state index in [0.29, 0.717) is 25.8 Å². The third kappa shape index (κ3) is 3.32. The van der Waals surface area contributed by atoms with Gasteiger partial charge in [-0.05, 0) is 26.2 Å². The lowest BCUT2D eigenvalue weighted by molar-refractivity contribution is -0.144. The largest absolute Gasteiger partial charge is 0.468 e. The molecular weight excluding hydrogens is 254 g/mol. The van der Waals surface area contributed by atoms with Gasteiger partial charge in [-0.1, -0.05) is 18.6 Å². The van der Waals surface area contributed by atoms with Crippen LogP contribution in [0.25, 0.3) is 0 Å². The van der Waals surface area contributed by atoms with Crippen molar-refractivity contribution in [2.75, 3.05) is 19.4 Å². The first-order valence-electron chi connectivity index (χ1n) is 6.17. The highest BCUT2D eigenvalue weighted by molar-refractivity contribution is 7.89. The van der Waals surface area contributed by atoms with Crippen LogP contribution in [0.3, 0.4) is 0 Å². The second-order valence-electron chi connectivity index (χ2n) is 4.35. The number of methoxy groups -OCH3 is 1. The molecule has 0 aromatic heterocycles. The standard InChI is InChI=1S/C12H21NO4S/c1-4-10(5-2)9-18(15,16)13-8-6-7-11(13)12(14)17-3/h4,11H,5-9H2,1-3H3. The maximum atomic E-state index is 12.3. The molecule has 0 bridgehead atoms. The molecule has 0 radical (unpaired) electrons. The van der Waals surface area contributed by atoms with E-state index in [1.807, 2.05) is 19.9 Å². The maximum absolute atomic E-state index is 12.3. The highest BCUT2D eigenvalue weighted by atomic mass is 32.2. The fourth-order valence-corrected chi connectivity index (χ4v) is 4.14. The van der Waals surface area contributed by atoms with Gasteiger partial charge in [-0.2, -0.15) is 4.31 Å². The minimum absolute atomic E-state index is 0.00645. The van der Waals surface area contributed by atoms with Crippen LogP contribution in [0, 0.1) is 0 Å². The Balaban J connectivity index is 2.87. The summed E-state index contributed by atoms with van der Waals surface area (Å²) in [5.41, 5.74) is 0.866. The average Bonchev–Trinajstić information content (AvgIpc) is 2.85. The SMILES string of the molecule is CC=C(CC)CS(=O)(=O)N1CCCC1C(=O)OC. The number of rotatable bonds is 5. The Bertz CT molecular complexity index is 427.